The predicted molar refractivity (Wildman–Crippen MR) is 83.2 cm³/mol. The molecule has 0 radical (unpaired) electrons. The SMILES string of the molecule is NC1CCC2CN(C(=O)C3CC(c4ccccc4)=NO3)CC12. The van der Waals surface area contributed by atoms with Crippen LogP contribution in [-0.4, -0.2) is 41.8 Å². The van der Waals surface area contributed by atoms with Gasteiger partial charge in [-0.1, -0.05) is 35.5 Å². The quantitative estimate of drug-likeness (QED) is 0.897. The van der Waals surface area contributed by atoms with E-state index < -0.39 is 6.10 Å². The molecule has 4 atom stereocenters. The second-order valence-electron chi connectivity index (χ2n) is 6.61. The predicted octanol–water partition coefficient (Wildman–Crippen LogP) is 1.38. The van der Waals surface area contributed by atoms with Crippen LogP contribution in [0, 0.1) is 11.8 Å². The number of nitrogens with zero attached hydrogens (tertiary/aromatic N) is 2. The summed E-state index contributed by atoms with van der Waals surface area (Å²) in [6.07, 6.45) is 2.33. The summed E-state index contributed by atoms with van der Waals surface area (Å²) in [5.41, 5.74) is 8.02. The number of oxime groups is 1. The highest BCUT2D eigenvalue weighted by Crippen LogP contribution is 2.37. The van der Waals surface area contributed by atoms with E-state index in [2.05, 4.69) is 5.16 Å². The largest absolute Gasteiger partial charge is 0.382 e. The van der Waals surface area contributed by atoms with E-state index in [9.17, 15) is 4.79 Å². The van der Waals surface area contributed by atoms with Gasteiger partial charge >= 0.3 is 0 Å². The van der Waals surface area contributed by atoms with Crippen molar-refractivity contribution in [2.45, 2.75) is 31.4 Å². The molecule has 1 saturated heterocycles. The summed E-state index contributed by atoms with van der Waals surface area (Å²) in [5, 5.41) is 4.11. The molecule has 2 aliphatic heterocycles. The van der Waals surface area contributed by atoms with E-state index in [1.807, 2.05) is 35.2 Å². The molecule has 5 heteroatoms. The third-order valence-electron chi connectivity index (χ3n) is 5.28. The van der Waals surface area contributed by atoms with Gasteiger partial charge in [0, 0.05) is 25.6 Å². The molecular formula is C17H21N3O2. The Balaban J connectivity index is 1.39. The standard InChI is InChI=1S/C17H21N3O2/c18-14-7-6-12-9-20(10-13(12)14)17(21)16-8-15(19-22-16)11-4-2-1-3-5-11/h1-5,12-14,16H,6-10,18H2. The number of hydrogen-bond acceptors (Lipinski definition) is 4. The summed E-state index contributed by atoms with van der Waals surface area (Å²) in [6.45, 7) is 1.61. The van der Waals surface area contributed by atoms with Gasteiger partial charge in [-0.2, -0.15) is 0 Å². The fraction of sp³-hybridized carbons (Fsp3) is 0.529. The Morgan fingerprint density at radius 2 is 2.05 bits per heavy atom. The number of amides is 1. The summed E-state index contributed by atoms with van der Waals surface area (Å²) >= 11 is 0. The molecule has 0 aromatic heterocycles. The second kappa shape index (κ2) is 5.39. The second-order valence-corrected chi connectivity index (χ2v) is 6.61. The lowest BCUT2D eigenvalue weighted by atomic mass is 9.98. The van der Waals surface area contributed by atoms with E-state index in [1.165, 1.54) is 0 Å². The van der Waals surface area contributed by atoms with Crippen LogP contribution >= 0.6 is 0 Å². The number of carbonyl (C=O) groups is 1. The molecule has 5 nitrogen and oxygen atoms in total. The van der Waals surface area contributed by atoms with Crippen molar-refractivity contribution in [1.82, 2.24) is 4.90 Å². The van der Waals surface area contributed by atoms with Crippen LogP contribution in [0.25, 0.3) is 0 Å². The van der Waals surface area contributed by atoms with Crippen molar-refractivity contribution in [3.05, 3.63) is 35.9 Å². The number of rotatable bonds is 2. The first kappa shape index (κ1) is 13.8. The van der Waals surface area contributed by atoms with Gasteiger partial charge in [0.15, 0.2) is 0 Å². The maximum atomic E-state index is 12.6. The van der Waals surface area contributed by atoms with E-state index >= 15 is 0 Å². The van der Waals surface area contributed by atoms with Crippen molar-refractivity contribution in [2.24, 2.45) is 22.7 Å². The molecule has 4 rings (SSSR count). The molecule has 1 aromatic rings. The summed E-state index contributed by atoms with van der Waals surface area (Å²) in [5.74, 6) is 1.12. The highest BCUT2D eigenvalue weighted by atomic mass is 16.6. The van der Waals surface area contributed by atoms with Gasteiger partial charge in [0.25, 0.3) is 5.91 Å². The Hall–Kier alpha value is -1.88. The molecule has 0 bridgehead atoms. The lowest BCUT2D eigenvalue weighted by Crippen LogP contribution is -2.39. The Labute approximate surface area is 130 Å². The number of hydrogen-bond donors (Lipinski definition) is 1. The maximum Gasteiger partial charge on any atom is 0.266 e. The first-order valence-corrected chi connectivity index (χ1v) is 8.05. The fourth-order valence-corrected chi connectivity index (χ4v) is 4.00. The Morgan fingerprint density at radius 1 is 1.23 bits per heavy atom. The van der Waals surface area contributed by atoms with E-state index in [4.69, 9.17) is 10.6 Å². The Morgan fingerprint density at radius 3 is 2.82 bits per heavy atom. The smallest absolute Gasteiger partial charge is 0.266 e. The number of nitrogens with two attached hydrogens (primary N) is 1. The molecular weight excluding hydrogens is 278 g/mol. The van der Waals surface area contributed by atoms with Gasteiger partial charge in [-0.05, 0) is 30.2 Å². The molecule has 3 aliphatic rings. The number of likely N-dealkylation sites (tertiary alicyclic amines) is 1. The zero-order valence-corrected chi connectivity index (χ0v) is 12.5. The molecule has 4 unspecified atom stereocenters. The fourth-order valence-electron chi connectivity index (χ4n) is 4.00. The van der Waals surface area contributed by atoms with Crippen molar-refractivity contribution in [3.63, 3.8) is 0 Å². The minimum Gasteiger partial charge on any atom is -0.382 e. The molecule has 1 amide bonds. The molecule has 116 valence electrons. The van der Waals surface area contributed by atoms with Crippen LogP contribution in [0.15, 0.2) is 35.5 Å². The van der Waals surface area contributed by atoms with Gasteiger partial charge in [0.2, 0.25) is 6.10 Å². The first-order valence-electron chi connectivity index (χ1n) is 8.05. The molecule has 1 saturated carbocycles. The van der Waals surface area contributed by atoms with Gasteiger partial charge in [0.1, 0.15) is 0 Å². The van der Waals surface area contributed by atoms with Crippen molar-refractivity contribution in [2.75, 3.05) is 13.1 Å². The minimum absolute atomic E-state index is 0.0660. The Kier molecular flexibility index (Phi) is 3.37. The number of benzene rings is 1. The van der Waals surface area contributed by atoms with Crippen molar-refractivity contribution in [1.29, 1.82) is 0 Å². The van der Waals surface area contributed by atoms with Crippen molar-refractivity contribution >= 4 is 11.6 Å². The van der Waals surface area contributed by atoms with Gasteiger partial charge in [-0.15, -0.1) is 0 Å². The lowest BCUT2D eigenvalue weighted by molar-refractivity contribution is -0.141. The average molecular weight is 299 g/mol. The van der Waals surface area contributed by atoms with Crippen molar-refractivity contribution in [3.8, 4) is 0 Å². The molecule has 22 heavy (non-hydrogen) atoms. The van der Waals surface area contributed by atoms with Crippen LogP contribution in [0.4, 0.5) is 0 Å². The summed E-state index contributed by atoms with van der Waals surface area (Å²) in [7, 11) is 0. The summed E-state index contributed by atoms with van der Waals surface area (Å²) in [4.78, 5) is 20.0. The molecule has 2 N–H and O–H groups in total. The Bertz CT molecular complexity index is 601. The third-order valence-corrected chi connectivity index (χ3v) is 5.28. The highest BCUT2D eigenvalue weighted by Gasteiger charge is 2.44. The molecule has 2 fully saturated rings. The van der Waals surface area contributed by atoms with Crippen molar-refractivity contribution < 1.29 is 9.63 Å². The molecule has 1 aliphatic carbocycles. The van der Waals surface area contributed by atoms with Gasteiger partial charge in [-0.3, -0.25) is 4.79 Å². The molecule has 1 aromatic carbocycles. The summed E-state index contributed by atoms with van der Waals surface area (Å²) < 4.78 is 0. The van der Waals surface area contributed by atoms with E-state index in [1.54, 1.807) is 0 Å². The maximum absolute atomic E-state index is 12.6. The first-order chi connectivity index (χ1) is 10.7. The van der Waals surface area contributed by atoms with Gasteiger partial charge < -0.3 is 15.5 Å². The molecule has 0 spiro atoms. The normalized spacial score (nSPS) is 33.5. The van der Waals surface area contributed by atoms with E-state index in [0.29, 0.717) is 18.3 Å². The van der Waals surface area contributed by atoms with Crippen LogP contribution in [0.2, 0.25) is 0 Å². The highest BCUT2D eigenvalue weighted by molar-refractivity contribution is 6.04. The average Bonchev–Trinajstić information content (AvgIpc) is 3.25. The lowest BCUT2D eigenvalue weighted by Gasteiger charge is -2.21. The zero-order chi connectivity index (χ0) is 15.1. The zero-order valence-electron chi connectivity index (χ0n) is 12.5. The molecule has 2 heterocycles. The van der Waals surface area contributed by atoms with Crippen LogP contribution < -0.4 is 5.73 Å². The third kappa shape index (κ3) is 2.29. The van der Waals surface area contributed by atoms with Crippen LogP contribution in [0.5, 0.6) is 0 Å². The van der Waals surface area contributed by atoms with Crippen LogP contribution in [-0.2, 0) is 9.63 Å². The monoisotopic (exact) mass is 299 g/mol. The number of fused-ring (bicyclic) bond motifs is 1. The van der Waals surface area contributed by atoms with E-state index in [0.717, 1.165) is 37.2 Å². The number of carbonyl (C=O) groups excluding carboxylic acids is 1. The van der Waals surface area contributed by atoms with Crippen LogP contribution in [0.3, 0.4) is 0 Å². The van der Waals surface area contributed by atoms with Gasteiger partial charge in [0.05, 0.1) is 5.71 Å². The van der Waals surface area contributed by atoms with Gasteiger partial charge in [-0.25, -0.2) is 0 Å². The summed E-state index contributed by atoms with van der Waals surface area (Å²) in [6, 6.07) is 10.1. The minimum atomic E-state index is -0.467. The van der Waals surface area contributed by atoms with E-state index in [-0.39, 0.29) is 11.9 Å². The topological polar surface area (TPSA) is 67.9 Å². The van der Waals surface area contributed by atoms with Crippen LogP contribution in [0.1, 0.15) is 24.8 Å².